The van der Waals surface area contributed by atoms with Gasteiger partial charge >= 0.3 is 12.0 Å². The lowest BCUT2D eigenvalue weighted by Crippen LogP contribution is -2.33. The van der Waals surface area contributed by atoms with Gasteiger partial charge in [0.25, 0.3) is 0 Å². The van der Waals surface area contributed by atoms with Crippen LogP contribution in [0.5, 0.6) is 0 Å². The van der Waals surface area contributed by atoms with Crippen LogP contribution in [0.15, 0.2) is 30.3 Å². The molecule has 0 bridgehead atoms. The Morgan fingerprint density at radius 2 is 1.94 bits per heavy atom. The number of urea groups is 1. The highest BCUT2D eigenvalue weighted by Crippen LogP contribution is 2.07. The molecule has 1 atom stereocenters. The first kappa shape index (κ1) is 14.0. The van der Waals surface area contributed by atoms with Crippen molar-refractivity contribution in [1.82, 2.24) is 5.32 Å². The van der Waals surface area contributed by atoms with E-state index in [-0.39, 0.29) is 18.4 Å². The summed E-state index contributed by atoms with van der Waals surface area (Å²) in [6.07, 6.45) is 0.792. The lowest BCUT2D eigenvalue weighted by atomic mass is 10.0. The Kier molecular flexibility index (Phi) is 5.70. The molecule has 1 aromatic carbocycles. The van der Waals surface area contributed by atoms with Gasteiger partial charge in [-0.05, 0) is 18.1 Å². The summed E-state index contributed by atoms with van der Waals surface area (Å²) in [4.78, 5) is 22.1. The van der Waals surface area contributed by atoms with Gasteiger partial charge in [-0.2, -0.15) is 0 Å². The van der Waals surface area contributed by atoms with Gasteiger partial charge < -0.3 is 15.7 Å². The van der Waals surface area contributed by atoms with Gasteiger partial charge in [0.05, 0.1) is 0 Å². The summed E-state index contributed by atoms with van der Waals surface area (Å²) in [7, 11) is 0. The van der Waals surface area contributed by atoms with E-state index in [2.05, 4.69) is 10.6 Å². The Morgan fingerprint density at radius 3 is 2.50 bits per heavy atom. The van der Waals surface area contributed by atoms with Crippen molar-refractivity contribution >= 4 is 17.7 Å². The van der Waals surface area contributed by atoms with Crippen LogP contribution >= 0.6 is 0 Å². The zero-order valence-electron chi connectivity index (χ0n) is 10.3. The monoisotopic (exact) mass is 250 g/mol. The van der Waals surface area contributed by atoms with Crippen molar-refractivity contribution in [1.29, 1.82) is 0 Å². The molecule has 0 spiro atoms. The van der Waals surface area contributed by atoms with Crippen molar-refractivity contribution < 1.29 is 14.7 Å². The van der Waals surface area contributed by atoms with Gasteiger partial charge in [0.2, 0.25) is 0 Å². The van der Waals surface area contributed by atoms with Crippen LogP contribution in [0.2, 0.25) is 0 Å². The fourth-order valence-electron chi connectivity index (χ4n) is 1.54. The number of hydrogen-bond acceptors (Lipinski definition) is 2. The molecular weight excluding hydrogens is 232 g/mol. The van der Waals surface area contributed by atoms with Gasteiger partial charge in [-0.1, -0.05) is 31.5 Å². The lowest BCUT2D eigenvalue weighted by molar-refractivity contribution is -0.138. The molecule has 18 heavy (non-hydrogen) atoms. The van der Waals surface area contributed by atoms with Gasteiger partial charge in [0, 0.05) is 18.7 Å². The summed E-state index contributed by atoms with van der Waals surface area (Å²) in [5.41, 5.74) is 0.710. The van der Waals surface area contributed by atoms with E-state index in [9.17, 15) is 9.59 Å². The number of para-hydroxylation sites is 1. The predicted molar refractivity (Wildman–Crippen MR) is 69.5 cm³/mol. The molecular formula is C13H18N2O3. The molecule has 0 aliphatic carbocycles. The molecule has 0 saturated carbocycles. The lowest BCUT2D eigenvalue weighted by Gasteiger charge is -2.13. The zero-order valence-corrected chi connectivity index (χ0v) is 10.3. The van der Waals surface area contributed by atoms with Gasteiger partial charge in [-0.15, -0.1) is 0 Å². The van der Waals surface area contributed by atoms with Crippen LogP contribution in [0.25, 0.3) is 0 Å². The average Bonchev–Trinajstić information content (AvgIpc) is 2.35. The number of hydrogen-bond donors (Lipinski definition) is 3. The number of carboxylic acids is 1. The minimum absolute atomic E-state index is 0.0379. The van der Waals surface area contributed by atoms with E-state index in [1.807, 2.05) is 25.1 Å². The second-order valence-corrected chi connectivity index (χ2v) is 4.07. The van der Waals surface area contributed by atoms with Gasteiger partial charge in [0.15, 0.2) is 0 Å². The Bertz CT molecular complexity index is 392. The minimum Gasteiger partial charge on any atom is -0.481 e. The third kappa shape index (κ3) is 5.34. The summed E-state index contributed by atoms with van der Waals surface area (Å²) in [5, 5.41) is 14.0. The maximum atomic E-state index is 11.5. The fourth-order valence-corrected chi connectivity index (χ4v) is 1.54. The Hall–Kier alpha value is -2.04. The number of nitrogens with one attached hydrogen (secondary N) is 2. The number of benzene rings is 1. The fraction of sp³-hybridized carbons (Fsp3) is 0.385. The summed E-state index contributed by atoms with van der Waals surface area (Å²) < 4.78 is 0. The standard InChI is InChI=1S/C13H18N2O3/c1-2-10(8-12(16)17)9-14-13(18)15-11-6-4-3-5-7-11/h3-7,10H,2,8-9H2,1H3,(H,16,17)(H2,14,15,18). The minimum atomic E-state index is -0.841. The molecule has 1 rings (SSSR count). The molecule has 0 heterocycles. The summed E-state index contributed by atoms with van der Waals surface area (Å²) in [6.45, 7) is 2.27. The van der Waals surface area contributed by atoms with Crippen LogP contribution in [0.4, 0.5) is 10.5 Å². The quantitative estimate of drug-likeness (QED) is 0.725. The number of carbonyl (C=O) groups is 2. The molecule has 1 aromatic rings. The molecule has 0 aromatic heterocycles. The largest absolute Gasteiger partial charge is 0.481 e. The van der Waals surface area contributed by atoms with Gasteiger partial charge in [0.1, 0.15) is 0 Å². The van der Waals surface area contributed by atoms with E-state index in [1.165, 1.54) is 0 Å². The normalized spacial score (nSPS) is 11.6. The van der Waals surface area contributed by atoms with Crippen molar-refractivity contribution in [3.63, 3.8) is 0 Å². The van der Waals surface area contributed by atoms with Crippen LogP contribution in [-0.2, 0) is 4.79 Å². The molecule has 2 amide bonds. The third-order valence-electron chi connectivity index (χ3n) is 2.62. The zero-order chi connectivity index (χ0) is 13.4. The van der Waals surface area contributed by atoms with Crippen LogP contribution in [-0.4, -0.2) is 23.7 Å². The van der Waals surface area contributed by atoms with E-state index >= 15 is 0 Å². The highest BCUT2D eigenvalue weighted by atomic mass is 16.4. The van der Waals surface area contributed by atoms with Crippen LogP contribution in [0.3, 0.4) is 0 Å². The molecule has 0 aliphatic rings. The van der Waals surface area contributed by atoms with Gasteiger partial charge in [-0.3, -0.25) is 4.79 Å². The van der Waals surface area contributed by atoms with Gasteiger partial charge in [-0.25, -0.2) is 4.79 Å². The SMILES string of the molecule is CCC(CNC(=O)Nc1ccccc1)CC(=O)O. The summed E-state index contributed by atoms with van der Waals surface area (Å²) in [6, 6.07) is 8.78. The van der Waals surface area contributed by atoms with Crippen molar-refractivity contribution in [2.45, 2.75) is 19.8 Å². The predicted octanol–water partition coefficient (Wildman–Crippen LogP) is 2.31. The van der Waals surface area contributed by atoms with Crippen LogP contribution in [0, 0.1) is 5.92 Å². The second kappa shape index (κ2) is 7.32. The second-order valence-electron chi connectivity index (χ2n) is 4.07. The first-order valence-corrected chi connectivity index (χ1v) is 5.93. The maximum absolute atomic E-state index is 11.5. The van der Waals surface area contributed by atoms with Crippen molar-refractivity contribution in [2.24, 2.45) is 5.92 Å². The summed E-state index contributed by atoms with van der Waals surface area (Å²) >= 11 is 0. The average molecular weight is 250 g/mol. The number of rotatable bonds is 6. The molecule has 3 N–H and O–H groups in total. The van der Waals surface area contributed by atoms with Crippen LogP contribution in [0.1, 0.15) is 19.8 Å². The number of amides is 2. The van der Waals surface area contributed by atoms with E-state index in [0.29, 0.717) is 12.2 Å². The van der Waals surface area contributed by atoms with Crippen molar-refractivity contribution in [2.75, 3.05) is 11.9 Å². The highest BCUT2D eigenvalue weighted by Gasteiger charge is 2.12. The van der Waals surface area contributed by atoms with E-state index < -0.39 is 5.97 Å². The number of anilines is 1. The number of carboxylic acid groups (broad SMARTS) is 1. The van der Waals surface area contributed by atoms with E-state index in [4.69, 9.17) is 5.11 Å². The molecule has 98 valence electrons. The topological polar surface area (TPSA) is 78.4 Å². The Balaban J connectivity index is 2.34. The third-order valence-corrected chi connectivity index (χ3v) is 2.62. The molecule has 0 aliphatic heterocycles. The molecule has 5 heteroatoms. The first-order valence-electron chi connectivity index (χ1n) is 5.93. The molecule has 5 nitrogen and oxygen atoms in total. The van der Waals surface area contributed by atoms with E-state index in [1.54, 1.807) is 12.1 Å². The van der Waals surface area contributed by atoms with E-state index in [0.717, 1.165) is 6.42 Å². The van der Waals surface area contributed by atoms with Crippen LogP contribution < -0.4 is 10.6 Å². The van der Waals surface area contributed by atoms with Crippen molar-refractivity contribution in [3.05, 3.63) is 30.3 Å². The smallest absolute Gasteiger partial charge is 0.319 e. The molecule has 0 fully saturated rings. The Labute approximate surface area is 106 Å². The number of aliphatic carboxylic acids is 1. The molecule has 1 unspecified atom stereocenters. The maximum Gasteiger partial charge on any atom is 0.319 e. The molecule has 0 saturated heterocycles. The summed E-state index contributed by atoms with van der Waals surface area (Å²) in [5.74, 6) is -0.879. The number of carbonyl (C=O) groups excluding carboxylic acids is 1. The first-order chi connectivity index (χ1) is 8.61. The Morgan fingerprint density at radius 1 is 1.28 bits per heavy atom. The molecule has 0 radical (unpaired) electrons. The highest BCUT2D eigenvalue weighted by molar-refractivity contribution is 5.89. The van der Waals surface area contributed by atoms with Crippen molar-refractivity contribution in [3.8, 4) is 0 Å².